The summed E-state index contributed by atoms with van der Waals surface area (Å²) in [5.74, 6) is 0.104. The molecule has 0 radical (unpaired) electrons. The van der Waals surface area contributed by atoms with E-state index in [1.807, 2.05) is 17.9 Å². The molecule has 0 aliphatic carbocycles. The molecule has 6 heteroatoms. The van der Waals surface area contributed by atoms with E-state index < -0.39 is 0 Å². The molecule has 2 aliphatic heterocycles. The number of hydrogen-bond acceptors (Lipinski definition) is 4. The van der Waals surface area contributed by atoms with E-state index in [0.717, 1.165) is 20.6 Å². The minimum absolute atomic E-state index is 0.104. The van der Waals surface area contributed by atoms with Crippen molar-refractivity contribution >= 4 is 33.2 Å². The highest BCUT2D eigenvalue weighted by atomic mass is 79.9. The first-order chi connectivity index (χ1) is 9.12. The van der Waals surface area contributed by atoms with Crippen molar-refractivity contribution in [3.05, 3.63) is 20.3 Å². The summed E-state index contributed by atoms with van der Waals surface area (Å²) in [6.07, 6.45) is 0.865. The van der Waals surface area contributed by atoms with Gasteiger partial charge in [-0.25, -0.2) is 0 Å². The first-order valence-electron chi connectivity index (χ1n) is 6.36. The first kappa shape index (κ1) is 13.5. The van der Waals surface area contributed by atoms with Crippen LogP contribution in [0, 0.1) is 6.92 Å². The SMILES string of the molecule is Cc1sc(C(=O)N2CCOCC23CCOC3)cc1Br. The number of ether oxygens (including phenoxy) is 2. The highest BCUT2D eigenvalue weighted by molar-refractivity contribution is 9.10. The molecule has 104 valence electrons. The number of rotatable bonds is 1. The number of thiophene rings is 1. The molecule has 0 bridgehead atoms. The molecular weight excluding hydrogens is 330 g/mol. The van der Waals surface area contributed by atoms with Crippen LogP contribution in [0.1, 0.15) is 21.0 Å². The van der Waals surface area contributed by atoms with Crippen LogP contribution in [-0.2, 0) is 9.47 Å². The van der Waals surface area contributed by atoms with Gasteiger partial charge in [0.2, 0.25) is 0 Å². The second-order valence-corrected chi connectivity index (χ2v) is 7.16. The third-order valence-electron chi connectivity index (χ3n) is 3.80. The number of nitrogens with zero attached hydrogens (tertiary/aromatic N) is 1. The predicted molar refractivity (Wildman–Crippen MR) is 76.8 cm³/mol. The normalized spacial score (nSPS) is 27.2. The van der Waals surface area contributed by atoms with Gasteiger partial charge in [0.15, 0.2) is 0 Å². The summed E-state index contributed by atoms with van der Waals surface area (Å²) in [6, 6.07) is 1.92. The molecule has 1 amide bonds. The van der Waals surface area contributed by atoms with E-state index in [2.05, 4.69) is 15.9 Å². The third-order valence-corrected chi connectivity index (χ3v) is 5.92. The Morgan fingerprint density at radius 2 is 2.16 bits per heavy atom. The second kappa shape index (κ2) is 5.16. The number of carbonyl (C=O) groups excluding carboxylic acids is 1. The average molecular weight is 346 g/mol. The average Bonchev–Trinajstić information content (AvgIpc) is 2.98. The van der Waals surface area contributed by atoms with E-state index in [9.17, 15) is 4.79 Å². The zero-order chi connectivity index (χ0) is 13.5. The molecule has 19 heavy (non-hydrogen) atoms. The topological polar surface area (TPSA) is 38.8 Å². The van der Waals surface area contributed by atoms with Gasteiger partial charge in [0.05, 0.1) is 30.2 Å². The number of aryl methyl sites for hydroxylation is 1. The lowest BCUT2D eigenvalue weighted by molar-refractivity contribution is -0.0549. The summed E-state index contributed by atoms with van der Waals surface area (Å²) in [6.45, 7) is 5.16. The van der Waals surface area contributed by atoms with Gasteiger partial charge in [0.25, 0.3) is 5.91 Å². The predicted octanol–water partition coefficient (Wildman–Crippen LogP) is 2.45. The van der Waals surface area contributed by atoms with Gasteiger partial charge in [-0.2, -0.15) is 0 Å². The maximum absolute atomic E-state index is 12.7. The molecule has 1 unspecified atom stereocenters. The molecule has 1 atom stereocenters. The molecule has 1 spiro atoms. The van der Waals surface area contributed by atoms with E-state index in [1.165, 1.54) is 11.3 Å². The van der Waals surface area contributed by atoms with Gasteiger partial charge in [0.1, 0.15) is 0 Å². The minimum atomic E-state index is -0.250. The molecule has 2 fully saturated rings. The van der Waals surface area contributed by atoms with E-state index in [1.54, 1.807) is 0 Å². The number of halogens is 1. The van der Waals surface area contributed by atoms with Crippen molar-refractivity contribution in [2.45, 2.75) is 18.9 Å². The molecule has 0 saturated carbocycles. The zero-order valence-corrected chi connectivity index (χ0v) is 13.2. The Bertz CT molecular complexity index is 477. The summed E-state index contributed by atoms with van der Waals surface area (Å²) in [5.41, 5.74) is -0.250. The summed E-state index contributed by atoms with van der Waals surface area (Å²) < 4.78 is 12.1. The fourth-order valence-corrected chi connectivity index (χ4v) is 4.16. The monoisotopic (exact) mass is 345 g/mol. The van der Waals surface area contributed by atoms with Crippen molar-refractivity contribution in [1.29, 1.82) is 0 Å². The fraction of sp³-hybridized carbons (Fsp3) is 0.615. The molecule has 3 heterocycles. The fourth-order valence-electron chi connectivity index (χ4n) is 2.67. The molecule has 0 aromatic carbocycles. The summed E-state index contributed by atoms with van der Waals surface area (Å²) in [5, 5.41) is 0. The zero-order valence-electron chi connectivity index (χ0n) is 10.8. The van der Waals surface area contributed by atoms with E-state index in [4.69, 9.17) is 9.47 Å². The molecule has 4 nitrogen and oxygen atoms in total. The van der Waals surface area contributed by atoms with Crippen LogP contribution in [0.3, 0.4) is 0 Å². The molecule has 2 saturated heterocycles. The Kier molecular flexibility index (Phi) is 3.68. The smallest absolute Gasteiger partial charge is 0.264 e. The number of morpholine rings is 1. The lowest BCUT2D eigenvalue weighted by Crippen LogP contribution is -2.59. The van der Waals surface area contributed by atoms with Gasteiger partial charge in [-0.3, -0.25) is 4.79 Å². The van der Waals surface area contributed by atoms with Crippen LogP contribution in [0.15, 0.2) is 10.5 Å². The molecule has 1 aromatic rings. The van der Waals surface area contributed by atoms with Crippen molar-refractivity contribution < 1.29 is 14.3 Å². The van der Waals surface area contributed by atoms with Crippen molar-refractivity contribution in [1.82, 2.24) is 4.90 Å². The van der Waals surface area contributed by atoms with Crippen molar-refractivity contribution in [3.8, 4) is 0 Å². The van der Waals surface area contributed by atoms with Gasteiger partial charge < -0.3 is 14.4 Å². The number of amides is 1. The van der Waals surface area contributed by atoms with Crippen molar-refractivity contribution in [2.24, 2.45) is 0 Å². The summed E-state index contributed by atoms with van der Waals surface area (Å²) in [4.78, 5) is 16.6. The standard InChI is InChI=1S/C13H16BrNO3S/c1-9-10(14)6-11(19-9)12(16)15-3-5-18-8-13(15)2-4-17-7-13/h6H,2-5,7-8H2,1H3. The van der Waals surface area contributed by atoms with Crippen LogP contribution in [-0.4, -0.2) is 49.3 Å². The highest BCUT2D eigenvalue weighted by Crippen LogP contribution is 2.33. The van der Waals surface area contributed by atoms with Crippen LogP contribution >= 0.6 is 27.3 Å². The Balaban J connectivity index is 1.88. The molecular formula is C13H16BrNO3S. The Labute approximate surface area is 124 Å². The van der Waals surface area contributed by atoms with Gasteiger partial charge in [-0.05, 0) is 35.3 Å². The van der Waals surface area contributed by atoms with Gasteiger partial charge in [-0.1, -0.05) is 0 Å². The molecule has 3 rings (SSSR count). The maximum atomic E-state index is 12.7. The van der Waals surface area contributed by atoms with E-state index >= 15 is 0 Å². The van der Waals surface area contributed by atoms with Gasteiger partial charge >= 0.3 is 0 Å². The van der Waals surface area contributed by atoms with Crippen LogP contribution in [0.5, 0.6) is 0 Å². The number of hydrogen-bond donors (Lipinski definition) is 0. The van der Waals surface area contributed by atoms with Crippen molar-refractivity contribution in [2.75, 3.05) is 33.0 Å². The minimum Gasteiger partial charge on any atom is -0.379 e. The Morgan fingerprint density at radius 1 is 1.42 bits per heavy atom. The van der Waals surface area contributed by atoms with Crippen LogP contribution in [0.2, 0.25) is 0 Å². The lowest BCUT2D eigenvalue weighted by Gasteiger charge is -2.43. The van der Waals surface area contributed by atoms with Crippen LogP contribution in [0.4, 0.5) is 0 Å². The summed E-state index contributed by atoms with van der Waals surface area (Å²) >= 11 is 5.01. The van der Waals surface area contributed by atoms with Crippen LogP contribution < -0.4 is 0 Å². The molecule has 2 aliphatic rings. The van der Waals surface area contributed by atoms with Crippen molar-refractivity contribution in [3.63, 3.8) is 0 Å². The molecule has 1 aromatic heterocycles. The van der Waals surface area contributed by atoms with Gasteiger partial charge in [0, 0.05) is 22.5 Å². The summed E-state index contributed by atoms with van der Waals surface area (Å²) in [7, 11) is 0. The Hall–Kier alpha value is -0.430. The van der Waals surface area contributed by atoms with E-state index in [0.29, 0.717) is 33.0 Å². The quantitative estimate of drug-likeness (QED) is 0.784. The van der Waals surface area contributed by atoms with Crippen LogP contribution in [0.25, 0.3) is 0 Å². The van der Waals surface area contributed by atoms with Gasteiger partial charge in [-0.15, -0.1) is 11.3 Å². The van der Waals surface area contributed by atoms with E-state index in [-0.39, 0.29) is 11.4 Å². The second-order valence-electron chi connectivity index (χ2n) is 5.05. The first-order valence-corrected chi connectivity index (χ1v) is 7.97. The third kappa shape index (κ3) is 2.35. The largest absolute Gasteiger partial charge is 0.379 e. The highest BCUT2D eigenvalue weighted by Gasteiger charge is 2.45. The number of carbonyl (C=O) groups is 1. The Morgan fingerprint density at radius 3 is 2.79 bits per heavy atom. The maximum Gasteiger partial charge on any atom is 0.264 e. The molecule has 0 N–H and O–H groups in total. The lowest BCUT2D eigenvalue weighted by atomic mass is 9.95.